The first kappa shape index (κ1) is 13.1. The van der Waals surface area contributed by atoms with Crippen LogP contribution in [0.2, 0.25) is 0 Å². The summed E-state index contributed by atoms with van der Waals surface area (Å²) in [5.74, 6) is -0.737. The molecule has 0 aromatic heterocycles. The molecule has 0 bridgehead atoms. The Morgan fingerprint density at radius 3 is 2.56 bits per heavy atom. The zero-order valence-electron chi connectivity index (χ0n) is 11.0. The number of aliphatic hydroxyl groups excluding tert-OH is 1. The first-order valence-electron chi connectivity index (χ1n) is 6.41. The van der Waals surface area contributed by atoms with Gasteiger partial charge in [-0.05, 0) is 39.2 Å². The lowest BCUT2D eigenvalue weighted by molar-refractivity contribution is -0.137. The third-order valence-corrected chi connectivity index (χ3v) is 3.68. The molecule has 1 fully saturated rings. The first-order valence-corrected chi connectivity index (χ1v) is 6.41. The zero-order valence-corrected chi connectivity index (χ0v) is 11.0. The number of rotatable bonds is 0. The van der Waals surface area contributed by atoms with E-state index in [1.807, 2.05) is 26.0 Å². The standard InChI is InChI=1S/C15H20O3/c1-9-5-4-6-10(2)8-13-14(12(16)7-9)11(3)15(17)18-13/h7-8,12-14,16H,3-6H2,1-2H3. The highest BCUT2D eigenvalue weighted by molar-refractivity contribution is 5.91. The summed E-state index contributed by atoms with van der Waals surface area (Å²) in [5, 5.41) is 10.2. The highest BCUT2D eigenvalue weighted by Crippen LogP contribution is 2.33. The third kappa shape index (κ3) is 2.56. The molecule has 1 heterocycles. The van der Waals surface area contributed by atoms with Crippen LogP contribution < -0.4 is 0 Å². The molecule has 98 valence electrons. The Morgan fingerprint density at radius 2 is 1.89 bits per heavy atom. The Morgan fingerprint density at radius 1 is 1.28 bits per heavy atom. The summed E-state index contributed by atoms with van der Waals surface area (Å²) < 4.78 is 5.28. The first-order chi connectivity index (χ1) is 8.49. The Labute approximate surface area is 108 Å². The molecule has 0 aromatic rings. The topological polar surface area (TPSA) is 46.5 Å². The highest BCUT2D eigenvalue weighted by Gasteiger charge is 2.41. The van der Waals surface area contributed by atoms with Gasteiger partial charge in [-0.1, -0.05) is 23.8 Å². The van der Waals surface area contributed by atoms with Crippen LogP contribution >= 0.6 is 0 Å². The van der Waals surface area contributed by atoms with E-state index >= 15 is 0 Å². The molecule has 3 nitrogen and oxygen atoms in total. The van der Waals surface area contributed by atoms with Crippen LogP contribution in [0.25, 0.3) is 0 Å². The van der Waals surface area contributed by atoms with Crippen LogP contribution in [0.3, 0.4) is 0 Å². The molecule has 18 heavy (non-hydrogen) atoms. The molecule has 1 aliphatic heterocycles. The van der Waals surface area contributed by atoms with Gasteiger partial charge in [0.1, 0.15) is 6.10 Å². The fourth-order valence-electron chi connectivity index (χ4n) is 2.63. The number of hydrogen-bond donors (Lipinski definition) is 1. The number of fused-ring (bicyclic) bond motifs is 1. The average molecular weight is 248 g/mol. The molecule has 0 aromatic carbocycles. The molecule has 0 saturated carbocycles. The summed E-state index contributed by atoms with van der Waals surface area (Å²) >= 11 is 0. The van der Waals surface area contributed by atoms with Gasteiger partial charge in [-0.2, -0.15) is 0 Å². The van der Waals surface area contributed by atoms with Crippen LogP contribution in [0.15, 0.2) is 35.5 Å². The Balaban J connectivity index is 2.35. The van der Waals surface area contributed by atoms with Crippen molar-refractivity contribution < 1.29 is 14.6 Å². The molecule has 1 saturated heterocycles. The number of ether oxygens (including phenoxy) is 1. The summed E-state index contributed by atoms with van der Waals surface area (Å²) in [6.45, 7) is 7.81. The number of carbonyl (C=O) groups is 1. The molecule has 3 unspecified atom stereocenters. The van der Waals surface area contributed by atoms with Gasteiger partial charge in [-0.15, -0.1) is 0 Å². The molecule has 0 radical (unpaired) electrons. The van der Waals surface area contributed by atoms with Gasteiger partial charge < -0.3 is 9.84 Å². The van der Waals surface area contributed by atoms with Crippen LogP contribution in [0.5, 0.6) is 0 Å². The minimum atomic E-state index is -0.698. The van der Waals surface area contributed by atoms with Gasteiger partial charge in [0.2, 0.25) is 0 Å². The van der Waals surface area contributed by atoms with Crippen molar-refractivity contribution in [1.29, 1.82) is 0 Å². The van der Waals surface area contributed by atoms with E-state index in [2.05, 4.69) is 6.58 Å². The Kier molecular flexibility index (Phi) is 3.71. The van der Waals surface area contributed by atoms with Crippen molar-refractivity contribution in [3.63, 3.8) is 0 Å². The molecule has 3 atom stereocenters. The summed E-state index contributed by atoms with van der Waals surface area (Å²) in [6, 6.07) is 0. The lowest BCUT2D eigenvalue weighted by Gasteiger charge is -2.21. The predicted molar refractivity (Wildman–Crippen MR) is 69.9 cm³/mol. The Bertz CT molecular complexity index is 431. The smallest absolute Gasteiger partial charge is 0.334 e. The third-order valence-electron chi connectivity index (χ3n) is 3.68. The number of allylic oxidation sites excluding steroid dienone is 2. The van der Waals surface area contributed by atoms with Crippen molar-refractivity contribution in [1.82, 2.24) is 0 Å². The Hall–Kier alpha value is -1.35. The van der Waals surface area contributed by atoms with E-state index in [-0.39, 0.29) is 12.0 Å². The summed E-state index contributed by atoms with van der Waals surface area (Å²) in [5.41, 5.74) is 2.73. The second-order valence-electron chi connectivity index (χ2n) is 5.29. The van der Waals surface area contributed by atoms with Crippen LogP contribution in [0, 0.1) is 5.92 Å². The van der Waals surface area contributed by atoms with E-state index in [1.165, 1.54) is 5.57 Å². The van der Waals surface area contributed by atoms with E-state index < -0.39 is 12.1 Å². The van der Waals surface area contributed by atoms with Gasteiger partial charge in [0.05, 0.1) is 12.0 Å². The van der Waals surface area contributed by atoms with Crippen molar-refractivity contribution in [2.75, 3.05) is 0 Å². The number of aliphatic hydroxyl groups is 1. The van der Waals surface area contributed by atoms with E-state index in [1.54, 1.807) is 0 Å². The molecular weight excluding hydrogens is 228 g/mol. The van der Waals surface area contributed by atoms with Crippen LogP contribution in [0.4, 0.5) is 0 Å². The zero-order chi connectivity index (χ0) is 13.3. The maximum atomic E-state index is 11.6. The van der Waals surface area contributed by atoms with E-state index in [0.717, 1.165) is 24.8 Å². The highest BCUT2D eigenvalue weighted by atomic mass is 16.6. The van der Waals surface area contributed by atoms with Gasteiger partial charge in [0.25, 0.3) is 0 Å². The summed E-state index contributed by atoms with van der Waals surface area (Å²) in [4.78, 5) is 11.6. The molecule has 1 aliphatic carbocycles. The molecule has 0 amide bonds. The lowest BCUT2D eigenvalue weighted by Crippen LogP contribution is -2.27. The van der Waals surface area contributed by atoms with Crippen molar-refractivity contribution in [2.24, 2.45) is 5.92 Å². The molecule has 1 N–H and O–H groups in total. The van der Waals surface area contributed by atoms with Gasteiger partial charge >= 0.3 is 5.97 Å². The van der Waals surface area contributed by atoms with Crippen molar-refractivity contribution in [3.05, 3.63) is 35.5 Å². The normalized spacial score (nSPS) is 33.4. The van der Waals surface area contributed by atoms with E-state index in [4.69, 9.17) is 4.74 Å². The monoisotopic (exact) mass is 248 g/mol. The summed E-state index contributed by atoms with van der Waals surface area (Å²) in [7, 11) is 0. The quantitative estimate of drug-likeness (QED) is 0.407. The molecular formula is C15H20O3. The van der Waals surface area contributed by atoms with Crippen molar-refractivity contribution >= 4 is 5.97 Å². The molecule has 0 spiro atoms. The number of hydrogen-bond acceptors (Lipinski definition) is 3. The van der Waals surface area contributed by atoms with Gasteiger partial charge in [-0.25, -0.2) is 4.79 Å². The SMILES string of the molecule is C=C1C(=O)OC2C=C(C)CCCC(C)=CC(O)C12. The average Bonchev–Trinajstić information content (AvgIpc) is 2.53. The lowest BCUT2D eigenvalue weighted by atomic mass is 9.87. The number of carbonyl (C=O) groups excluding carboxylic acids is 1. The van der Waals surface area contributed by atoms with Gasteiger partial charge in [0, 0.05) is 5.57 Å². The van der Waals surface area contributed by atoms with Crippen molar-refractivity contribution in [3.8, 4) is 0 Å². The minimum absolute atomic E-state index is 0.347. The molecule has 2 rings (SSSR count). The summed E-state index contributed by atoms with van der Waals surface area (Å²) in [6.07, 6.45) is 5.75. The van der Waals surface area contributed by atoms with Gasteiger partial charge in [0.15, 0.2) is 0 Å². The van der Waals surface area contributed by atoms with E-state index in [9.17, 15) is 9.90 Å². The minimum Gasteiger partial charge on any atom is -0.454 e. The predicted octanol–water partition coefficient (Wildman–Crippen LogP) is 2.52. The van der Waals surface area contributed by atoms with Crippen LogP contribution in [-0.2, 0) is 9.53 Å². The fourth-order valence-corrected chi connectivity index (χ4v) is 2.63. The van der Waals surface area contributed by atoms with Crippen molar-refractivity contribution in [2.45, 2.75) is 45.3 Å². The van der Waals surface area contributed by atoms with E-state index in [0.29, 0.717) is 5.57 Å². The molecule has 3 heteroatoms. The maximum Gasteiger partial charge on any atom is 0.334 e. The van der Waals surface area contributed by atoms with Crippen LogP contribution in [0.1, 0.15) is 33.1 Å². The van der Waals surface area contributed by atoms with Crippen LogP contribution in [-0.4, -0.2) is 23.3 Å². The second kappa shape index (κ2) is 5.11. The maximum absolute atomic E-state index is 11.6. The largest absolute Gasteiger partial charge is 0.454 e. The fraction of sp³-hybridized carbons (Fsp3) is 0.533. The number of esters is 1. The molecule has 2 aliphatic rings. The second-order valence-corrected chi connectivity index (χ2v) is 5.29. The van der Waals surface area contributed by atoms with Gasteiger partial charge in [-0.3, -0.25) is 0 Å².